The summed E-state index contributed by atoms with van der Waals surface area (Å²) in [7, 11) is 0. The maximum atomic E-state index is 13.3. The standard InChI is InChI=1S/C22H30N2O/c1-4-11-21(16-23)22(25)24(17(2)19-12-7-5-8-13-19)18(3)20-14-9-6-10-15-20/h5-10,12-15,17-18,21H,4,11,16,23H2,1-3H3/t17-,18-,21+/m1/s1. The van der Waals surface area contributed by atoms with Gasteiger partial charge >= 0.3 is 0 Å². The van der Waals surface area contributed by atoms with E-state index in [-0.39, 0.29) is 23.9 Å². The van der Waals surface area contributed by atoms with Gasteiger partial charge in [0, 0.05) is 6.54 Å². The van der Waals surface area contributed by atoms with Gasteiger partial charge in [-0.05, 0) is 31.4 Å². The van der Waals surface area contributed by atoms with E-state index in [0.717, 1.165) is 24.0 Å². The first kappa shape index (κ1) is 19.2. The van der Waals surface area contributed by atoms with Gasteiger partial charge < -0.3 is 10.6 Å². The predicted molar refractivity (Wildman–Crippen MR) is 104 cm³/mol. The Labute approximate surface area is 151 Å². The van der Waals surface area contributed by atoms with E-state index in [1.807, 2.05) is 41.3 Å². The number of rotatable bonds is 8. The molecule has 3 atom stereocenters. The van der Waals surface area contributed by atoms with Crippen molar-refractivity contribution in [2.24, 2.45) is 11.7 Å². The molecule has 0 fully saturated rings. The van der Waals surface area contributed by atoms with Crippen LogP contribution in [0.15, 0.2) is 60.7 Å². The summed E-state index contributed by atoms with van der Waals surface area (Å²) in [4.78, 5) is 15.4. The van der Waals surface area contributed by atoms with E-state index in [2.05, 4.69) is 45.0 Å². The molecule has 2 N–H and O–H groups in total. The second kappa shape index (κ2) is 9.38. The Morgan fingerprint density at radius 1 is 0.920 bits per heavy atom. The van der Waals surface area contributed by atoms with Crippen LogP contribution in [0.4, 0.5) is 0 Å². The van der Waals surface area contributed by atoms with Gasteiger partial charge in [-0.1, -0.05) is 74.0 Å². The molecule has 3 heteroatoms. The molecule has 0 heterocycles. The predicted octanol–water partition coefficient (Wildman–Crippen LogP) is 4.71. The maximum Gasteiger partial charge on any atom is 0.227 e. The normalized spacial score (nSPS) is 14.6. The van der Waals surface area contributed by atoms with Crippen molar-refractivity contribution in [1.82, 2.24) is 4.90 Å². The van der Waals surface area contributed by atoms with Gasteiger partial charge in [-0.2, -0.15) is 0 Å². The zero-order valence-corrected chi connectivity index (χ0v) is 15.6. The van der Waals surface area contributed by atoms with Gasteiger partial charge in [0.15, 0.2) is 0 Å². The topological polar surface area (TPSA) is 46.3 Å². The molecular weight excluding hydrogens is 308 g/mol. The van der Waals surface area contributed by atoms with Crippen LogP contribution in [-0.2, 0) is 4.79 Å². The summed E-state index contributed by atoms with van der Waals surface area (Å²) in [6.07, 6.45) is 1.79. The van der Waals surface area contributed by atoms with Crippen molar-refractivity contribution in [2.45, 2.75) is 45.7 Å². The monoisotopic (exact) mass is 338 g/mol. The highest BCUT2D eigenvalue weighted by atomic mass is 16.2. The zero-order valence-electron chi connectivity index (χ0n) is 15.6. The lowest BCUT2D eigenvalue weighted by Gasteiger charge is -2.37. The molecule has 25 heavy (non-hydrogen) atoms. The first-order chi connectivity index (χ1) is 12.1. The van der Waals surface area contributed by atoms with E-state index in [9.17, 15) is 4.79 Å². The molecule has 3 nitrogen and oxygen atoms in total. The Hall–Kier alpha value is -2.13. The SMILES string of the molecule is CCC[C@@H](CN)C(=O)N([C@H](C)c1ccccc1)[C@H](C)c1ccccc1. The molecule has 0 saturated heterocycles. The van der Waals surface area contributed by atoms with Gasteiger partial charge in [0.2, 0.25) is 5.91 Å². The Morgan fingerprint density at radius 2 is 1.36 bits per heavy atom. The number of amides is 1. The lowest BCUT2D eigenvalue weighted by molar-refractivity contribution is -0.140. The Kier molecular flexibility index (Phi) is 7.20. The molecule has 0 aromatic heterocycles. The van der Waals surface area contributed by atoms with Crippen LogP contribution >= 0.6 is 0 Å². The molecule has 0 aliphatic carbocycles. The molecule has 1 amide bonds. The summed E-state index contributed by atoms with van der Waals surface area (Å²) in [5, 5.41) is 0. The number of hydrogen-bond donors (Lipinski definition) is 1. The van der Waals surface area contributed by atoms with E-state index >= 15 is 0 Å². The van der Waals surface area contributed by atoms with E-state index in [0.29, 0.717) is 6.54 Å². The van der Waals surface area contributed by atoms with Crippen molar-refractivity contribution >= 4 is 5.91 Å². The van der Waals surface area contributed by atoms with Crippen molar-refractivity contribution in [2.75, 3.05) is 6.54 Å². The van der Waals surface area contributed by atoms with Crippen LogP contribution in [-0.4, -0.2) is 17.4 Å². The molecule has 0 aliphatic rings. The Morgan fingerprint density at radius 3 is 1.72 bits per heavy atom. The van der Waals surface area contributed by atoms with Crippen LogP contribution in [0.3, 0.4) is 0 Å². The van der Waals surface area contributed by atoms with E-state index < -0.39 is 0 Å². The average Bonchev–Trinajstić information content (AvgIpc) is 2.67. The number of hydrogen-bond acceptors (Lipinski definition) is 2. The molecule has 134 valence electrons. The summed E-state index contributed by atoms with van der Waals surface area (Å²) in [6, 6.07) is 20.4. The van der Waals surface area contributed by atoms with Crippen molar-refractivity contribution < 1.29 is 4.79 Å². The van der Waals surface area contributed by atoms with E-state index in [1.54, 1.807) is 0 Å². The van der Waals surface area contributed by atoms with Gasteiger partial charge in [0.1, 0.15) is 0 Å². The molecule has 2 rings (SSSR count). The third-order valence-electron chi connectivity index (χ3n) is 4.92. The molecule has 0 bridgehead atoms. The fraction of sp³-hybridized carbons (Fsp3) is 0.409. The highest BCUT2D eigenvalue weighted by molar-refractivity contribution is 5.80. The minimum atomic E-state index is -0.123. The first-order valence-corrected chi connectivity index (χ1v) is 9.22. The second-order valence-corrected chi connectivity index (χ2v) is 6.64. The van der Waals surface area contributed by atoms with Gasteiger partial charge in [-0.3, -0.25) is 4.79 Å². The van der Waals surface area contributed by atoms with Crippen molar-refractivity contribution in [3.63, 3.8) is 0 Å². The lowest BCUT2D eigenvalue weighted by atomic mass is 9.96. The highest BCUT2D eigenvalue weighted by Gasteiger charge is 2.31. The summed E-state index contributed by atoms with van der Waals surface area (Å²) >= 11 is 0. The van der Waals surface area contributed by atoms with Crippen molar-refractivity contribution in [1.29, 1.82) is 0 Å². The van der Waals surface area contributed by atoms with Gasteiger partial charge in [0.05, 0.1) is 18.0 Å². The summed E-state index contributed by atoms with van der Waals surface area (Å²) in [5.74, 6) is 0.0272. The molecule has 0 radical (unpaired) electrons. The van der Waals surface area contributed by atoms with Crippen molar-refractivity contribution in [3.05, 3.63) is 71.8 Å². The van der Waals surface area contributed by atoms with Crippen LogP contribution < -0.4 is 5.73 Å². The largest absolute Gasteiger partial charge is 0.330 e. The van der Waals surface area contributed by atoms with Gasteiger partial charge in [0.25, 0.3) is 0 Å². The van der Waals surface area contributed by atoms with Crippen LogP contribution in [0.5, 0.6) is 0 Å². The molecule has 2 aromatic carbocycles. The number of carbonyl (C=O) groups is 1. The smallest absolute Gasteiger partial charge is 0.227 e. The number of benzene rings is 2. The van der Waals surface area contributed by atoms with Gasteiger partial charge in [-0.15, -0.1) is 0 Å². The molecule has 0 unspecified atom stereocenters. The van der Waals surface area contributed by atoms with Crippen molar-refractivity contribution in [3.8, 4) is 0 Å². The minimum Gasteiger partial charge on any atom is -0.330 e. The average molecular weight is 338 g/mol. The van der Waals surface area contributed by atoms with Crippen LogP contribution in [0, 0.1) is 5.92 Å². The molecule has 0 spiro atoms. The van der Waals surface area contributed by atoms with E-state index in [4.69, 9.17) is 5.73 Å². The molecule has 0 saturated carbocycles. The third kappa shape index (κ3) is 4.70. The van der Waals surface area contributed by atoms with Gasteiger partial charge in [-0.25, -0.2) is 0 Å². The highest BCUT2D eigenvalue weighted by Crippen LogP contribution is 2.32. The first-order valence-electron chi connectivity index (χ1n) is 9.22. The minimum absolute atomic E-state index is 0.00480. The third-order valence-corrected chi connectivity index (χ3v) is 4.92. The lowest BCUT2D eigenvalue weighted by Crippen LogP contribution is -2.42. The van der Waals surface area contributed by atoms with Crippen LogP contribution in [0.1, 0.15) is 56.8 Å². The molecular formula is C22H30N2O. The zero-order chi connectivity index (χ0) is 18.2. The Balaban J connectivity index is 2.38. The summed E-state index contributed by atoms with van der Waals surface area (Å²) in [6.45, 7) is 6.70. The number of carbonyl (C=O) groups excluding carboxylic acids is 1. The fourth-order valence-corrected chi connectivity index (χ4v) is 3.40. The summed E-state index contributed by atoms with van der Waals surface area (Å²) < 4.78 is 0. The number of nitrogens with zero attached hydrogens (tertiary/aromatic N) is 1. The Bertz CT molecular complexity index is 596. The molecule has 0 aliphatic heterocycles. The fourth-order valence-electron chi connectivity index (χ4n) is 3.40. The molecule has 2 aromatic rings. The summed E-state index contributed by atoms with van der Waals surface area (Å²) in [5.41, 5.74) is 8.22. The quantitative estimate of drug-likeness (QED) is 0.757. The second-order valence-electron chi connectivity index (χ2n) is 6.64. The van der Waals surface area contributed by atoms with Crippen LogP contribution in [0.25, 0.3) is 0 Å². The number of nitrogens with two attached hydrogens (primary N) is 1. The van der Waals surface area contributed by atoms with Crippen LogP contribution in [0.2, 0.25) is 0 Å². The maximum absolute atomic E-state index is 13.3. The van der Waals surface area contributed by atoms with E-state index in [1.165, 1.54) is 0 Å².